The third kappa shape index (κ3) is 5.77. The van der Waals surface area contributed by atoms with Gasteiger partial charge < -0.3 is 10.2 Å². The highest BCUT2D eigenvalue weighted by Crippen LogP contribution is 2.36. The molecule has 2 aromatic heterocycles. The summed E-state index contributed by atoms with van der Waals surface area (Å²) in [5, 5.41) is 12.2. The summed E-state index contributed by atoms with van der Waals surface area (Å²) in [7, 11) is 0. The van der Waals surface area contributed by atoms with E-state index < -0.39 is 11.7 Å². The Hall–Kier alpha value is -4.01. The van der Waals surface area contributed by atoms with Crippen molar-refractivity contribution < 1.29 is 13.2 Å². The number of anilines is 2. The van der Waals surface area contributed by atoms with E-state index in [0.29, 0.717) is 40.2 Å². The molecule has 2 aromatic carbocycles. The van der Waals surface area contributed by atoms with Crippen LogP contribution in [0.1, 0.15) is 43.9 Å². The van der Waals surface area contributed by atoms with Gasteiger partial charge in [0.25, 0.3) is 0 Å². The largest absolute Gasteiger partial charge is 0.416 e. The number of benzene rings is 2. The number of aromatic nitrogens is 4. The van der Waals surface area contributed by atoms with Crippen LogP contribution in [0.25, 0.3) is 22.5 Å². The minimum absolute atomic E-state index is 0.0455. The second-order valence-corrected chi connectivity index (χ2v) is 9.76. The standard InChI is InChI=1S/C29H29F3N6/c1-19-12-15-38(16-13-19)26-18-24(27(37-36-26)22-9-6-10-23(17-22)29(30,31)32)25-11-14-33-28(35-25)34-20(2)21-7-4-3-5-8-21/h3-11,14,17-20H,12-13,15-16H2,1-2H3,(H,33,34,35)/t20-/m0/s1. The van der Waals surface area contributed by atoms with Crippen molar-refractivity contribution in [1.29, 1.82) is 0 Å². The van der Waals surface area contributed by atoms with Gasteiger partial charge in [-0.2, -0.15) is 13.2 Å². The Labute approximate surface area is 220 Å². The summed E-state index contributed by atoms with van der Waals surface area (Å²) in [5.74, 6) is 1.75. The molecule has 1 fully saturated rings. The van der Waals surface area contributed by atoms with E-state index in [1.54, 1.807) is 18.3 Å². The van der Waals surface area contributed by atoms with E-state index in [2.05, 4.69) is 32.3 Å². The van der Waals surface area contributed by atoms with Crippen LogP contribution in [0.5, 0.6) is 0 Å². The average Bonchev–Trinajstić information content (AvgIpc) is 2.93. The molecule has 0 aliphatic carbocycles. The van der Waals surface area contributed by atoms with Crippen LogP contribution in [-0.4, -0.2) is 33.3 Å². The van der Waals surface area contributed by atoms with Crippen LogP contribution in [0.15, 0.2) is 72.9 Å². The predicted molar refractivity (Wildman–Crippen MR) is 143 cm³/mol. The molecule has 1 aliphatic heterocycles. The van der Waals surface area contributed by atoms with Crippen molar-refractivity contribution in [2.45, 2.75) is 38.9 Å². The van der Waals surface area contributed by atoms with Gasteiger partial charge in [-0.3, -0.25) is 0 Å². The zero-order valence-electron chi connectivity index (χ0n) is 21.3. The van der Waals surface area contributed by atoms with E-state index in [4.69, 9.17) is 4.98 Å². The van der Waals surface area contributed by atoms with E-state index in [1.165, 1.54) is 6.07 Å². The number of alkyl halides is 3. The molecule has 0 saturated carbocycles. The van der Waals surface area contributed by atoms with Crippen molar-refractivity contribution in [2.75, 3.05) is 23.3 Å². The Morgan fingerprint density at radius 3 is 2.45 bits per heavy atom. The van der Waals surface area contributed by atoms with Gasteiger partial charge in [0, 0.05) is 30.4 Å². The maximum atomic E-state index is 13.5. The minimum atomic E-state index is -4.46. The molecule has 0 spiro atoms. The number of hydrogen-bond donors (Lipinski definition) is 1. The topological polar surface area (TPSA) is 66.8 Å². The Balaban J connectivity index is 1.55. The number of rotatable bonds is 6. The Morgan fingerprint density at radius 1 is 0.947 bits per heavy atom. The van der Waals surface area contributed by atoms with Crippen LogP contribution in [0, 0.1) is 5.92 Å². The maximum absolute atomic E-state index is 13.5. The molecular formula is C29H29F3N6. The summed E-state index contributed by atoms with van der Waals surface area (Å²) < 4.78 is 40.5. The first kappa shape index (κ1) is 25.6. The lowest BCUT2D eigenvalue weighted by Gasteiger charge is -2.31. The molecule has 0 radical (unpaired) electrons. The lowest BCUT2D eigenvalue weighted by Crippen LogP contribution is -2.33. The van der Waals surface area contributed by atoms with Crippen molar-refractivity contribution in [3.8, 4) is 22.5 Å². The van der Waals surface area contributed by atoms with Gasteiger partial charge in [0.1, 0.15) is 5.69 Å². The van der Waals surface area contributed by atoms with Gasteiger partial charge in [0.2, 0.25) is 5.95 Å². The second-order valence-electron chi connectivity index (χ2n) is 9.76. The summed E-state index contributed by atoms with van der Waals surface area (Å²) in [6, 6.07) is 18.7. The first-order chi connectivity index (χ1) is 18.3. The minimum Gasteiger partial charge on any atom is -0.355 e. The fourth-order valence-corrected chi connectivity index (χ4v) is 4.62. The number of halogens is 3. The normalized spacial score (nSPS) is 15.3. The van der Waals surface area contributed by atoms with Crippen LogP contribution in [0.3, 0.4) is 0 Å². The number of piperidine rings is 1. The molecule has 3 heterocycles. The summed E-state index contributed by atoms with van der Waals surface area (Å²) in [6.45, 7) is 5.95. The van der Waals surface area contributed by atoms with Crippen molar-refractivity contribution >= 4 is 11.8 Å². The van der Waals surface area contributed by atoms with Crippen molar-refractivity contribution in [3.63, 3.8) is 0 Å². The molecule has 0 bridgehead atoms. The number of nitrogens with one attached hydrogen (secondary N) is 1. The molecule has 4 aromatic rings. The molecule has 1 atom stereocenters. The van der Waals surface area contributed by atoms with Crippen LogP contribution >= 0.6 is 0 Å². The maximum Gasteiger partial charge on any atom is 0.416 e. The molecular weight excluding hydrogens is 489 g/mol. The van der Waals surface area contributed by atoms with E-state index in [1.807, 2.05) is 43.3 Å². The van der Waals surface area contributed by atoms with Gasteiger partial charge >= 0.3 is 6.18 Å². The summed E-state index contributed by atoms with van der Waals surface area (Å²) in [6.07, 6.45) is -0.731. The third-order valence-corrected chi connectivity index (χ3v) is 6.93. The SMILES string of the molecule is CC1CCN(c2cc(-c3ccnc(N[C@@H](C)c4ccccc4)n3)c(-c3cccc(C(F)(F)F)c3)nn2)CC1. The first-order valence-corrected chi connectivity index (χ1v) is 12.7. The lowest BCUT2D eigenvalue weighted by atomic mass is 9.98. The van der Waals surface area contributed by atoms with E-state index in [-0.39, 0.29) is 6.04 Å². The molecule has 196 valence electrons. The smallest absolute Gasteiger partial charge is 0.355 e. The number of hydrogen-bond acceptors (Lipinski definition) is 6. The monoisotopic (exact) mass is 518 g/mol. The van der Waals surface area contributed by atoms with E-state index in [9.17, 15) is 13.2 Å². The molecule has 1 aliphatic rings. The van der Waals surface area contributed by atoms with E-state index >= 15 is 0 Å². The van der Waals surface area contributed by atoms with Crippen molar-refractivity contribution in [1.82, 2.24) is 20.2 Å². The molecule has 1 saturated heterocycles. The Bertz CT molecular complexity index is 1380. The highest BCUT2D eigenvalue weighted by Gasteiger charge is 2.31. The van der Waals surface area contributed by atoms with Crippen LogP contribution in [0.2, 0.25) is 0 Å². The summed E-state index contributed by atoms with van der Waals surface area (Å²) in [4.78, 5) is 11.3. The lowest BCUT2D eigenvalue weighted by molar-refractivity contribution is -0.137. The Morgan fingerprint density at radius 2 is 1.71 bits per heavy atom. The van der Waals surface area contributed by atoms with Crippen LogP contribution < -0.4 is 10.2 Å². The molecule has 1 N–H and O–H groups in total. The fourth-order valence-electron chi connectivity index (χ4n) is 4.62. The number of nitrogens with zero attached hydrogens (tertiary/aromatic N) is 5. The zero-order valence-corrected chi connectivity index (χ0v) is 21.3. The molecule has 9 heteroatoms. The third-order valence-electron chi connectivity index (χ3n) is 6.93. The molecule has 0 amide bonds. The van der Waals surface area contributed by atoms with Gasteiger partial charge in [-0.05, 0) is 55.5 Å². The van der Waals surface area contributed by atoms with Gasteiger partial charge in [-0.15, -0.1) is 10.2 Å². The average molecular weight is 519 g/mol. The summed E-state index contributed by atoms with van der Waals surface area (Å²) >= 11 is 0. The van der Waals surface area contributed by atoms with Gasteiger partial charge in [0.15, 0.2) is 5.82 Å². The summed E-state index contributed by atoms with van der Waals surface area (Å²) in [5.41, 5.74) is 2.16. The van der Waals surface area contributed by atoms with Crippen LogP contribution in [0.4, 0.5) is 24.9 Å². The molecule has 6 nitrogen and oxygen atoms in total. The van der Waals surface area contributed by atoms with Crippen molar-refractivity contribution in [3.05, 3.63) is 84.1 Å². The fraction of sp³-hybridized carbons (Fsp3) is 0.310. The van der Waals surface area contributed by atoms with Gasteiger partial charge in [-0.1, -0.05) is 49.4 Å². The first-order valence-electron chi connectivity index (χ1n) is 12.7. The predicted octanol–water partition coefficient (Wildman–Crippen LogP) is 7.03. The molecule has 0 unspecified atom stereocenters. The van der Waals surface area contributed by atoms with Gasteiger partial charge in [0.05, 0.1) is 17.3 Å². The highest BCUT2D eigenvalue weighted by atomic mass is 19.4. The quantitative estimate of drug-likeness (QED) is 0.296. The second kappa shape index (κ2) is 10.8. The highest BCUT2D eigenvalue weighted by molar-refractivity contribution is 5.81. The van der Waals surface area contributed by atoms with Gasteiger partial charge in [-0.25, -0.2) is 9.97 Å². The zero-order chi connectivity index (χ0) is 26.7. The van der Waals surface area contributed by atoms with Crippen LogP contribution in [-0.2, 0) is 6.18 Å². The van der Waals surface area contributed by atoms with E-state index in [0.717, 1.165) is 43.6 Å². The molecule has 38 heavy (non-hydrogen) atoms. The molecule has 5 rings (SSSR count). The van der Waals surface area contributed by atoms with Crippen molar-refractivity contribution in [2.24, 2.45) is 5.92 Å². The Kier molecular flexibility index (Phi) is 7.26.